The Morgan fingerprint density at radius 1 is 0.483 bits per heavy atom. The molecule has 0 saturated carbocycles. The number of carbonyl (C=O) groups is 2. The molecular formula is C52H97NO5. The van der Waals surface area contributed by atoms with Crippen molar-refractivity contribution in [1.82, 2.24) is 5.32 Å². The fourth-order valence-corrected chi connectivity index (χ4v) is 7.49. The number of aliphatic hydroxyl groups excluding tert-OH is 2. The Bertz CT molecular complexity index is 946. The summed E-state index contributed by atoms with van der Waals surface area (Å²) in [5, 5.41) is 23.0. The van der Waals surface area contributed by atoms with Gasteiger partial charge < -0.3 is 20.3 Å². The lowest BCUT2D eigenvalue weighted by Gasteiger charge is -2.20. The lowest BCUT2D eigenvalue weighted by atomic mass is 10.0. The SMILES string of the molecule is CCCCC/C=C\C/C=C\CCCCCCCCCCCC(=O)OCCCCCCCCCCCCC(=O)NC(CO)C(O)/C=C/CCCCCCCCCCCC. The smallest absolute Gasteiger partial charge is 0.305 e. The molecule has 340 valence electrons. The summed E-state index contributed by atoms with van der Waals surface area (Å²) >= 11 is 0. The summed E-state index contributed by atoms with van der Waals surface area (Å²) in [5.74, 6) is -0.118. The van der Waals surface area contributed by atoms with E-state index >= 15 is 0 Å². The molecule has 0 aromatic heterocycles. The lowest BCUT2D eigenvalue weighted by Crippen LogP contribution is -2.45. The van der Waals surface area contributed by atoms with Crippen LogP contribution in [0.15, 0.2) is 36.5 Å². The van der Waals surface area contributed by atoms with Gasteiger partial charge in [0, 0.05) is 12.8 Å². The van der Waals surface area contributed by atoms with Gasteiger partial charge >= 0.3 is 5.97 Å². The molecule has 2 atom stereocenters. The third-order valence-corrected chi connectivity index (χ3v) is 11.4. The second kappa shape index (κ2) is 47.8. The molecule has 58 heavy (non-hydrogen) atoms. The minimum Gasteiger partial charge on any atom is -0.466 e. The molecule has 0 rings (SSSR count). The number of nitrogens with one attached hydrogen (secondary N) is 1. The molecular weight excluding hydrogens is 719 g/mol. The quantitative estimate of drug-likeness (QED) is 0.0323. The first-order valence-electron chi connectivity index (χ1n) is 25.3. The molecule has 0 aromatic carbocycles. The lowest BCUT2D eigenvalue weighted by molar-refractivity contribution is -0.143. The van der Waals surface area contributed by atoms with Crippen molar-refractivity contribution in [2.45, 2.75) is 270 Å². The first-order chi connectivity index (χ1) is 28.5. The van der Waals surface area contributed by atoms with Crippen molar-refractivity contribution >= 4 is 11.9 Å². The fraction of sp³-hybridized carbons (Fsp3) is 0.846. The van der Waals surface area contributed by atoms with Crippen LogP contribution in [-0.4, -0.2) is 47.4 Å². The summed E-state index contributed by atoms with van der Waals surface area (Å²) in [6.45, 7) is 4.81. The van der Waals surface area contributed by atoms with Gasteiger partial charge in [-0.25, -0.2) is 0 Å². The molecule has 6 nitrogen and oxygen atoms in total. The highest BCUT2D eigenvalue weighted by molar-refractivity contribution is 5.76. The van der Waals surface area contributed by atoms with Gasteiger partial charge in [-0.05, 0) is 64.2 Å². The normalized spacial score (nSPS) is 13.0. The van der Waals surface area contributed by atoms with Crippen LogP contribution in [0.1, 0.15) is 258 Å². The van der Waals surface area contributed by atoms with Gasteiger partial charge in [0.15, 0.2) is 0 Å². The van der Waals surface area contributed by atoms with Crippen LogP contribution in [0.5, 0.6) is 0 Å². The molecule has 0 heterocycles. The van der Waals surface area contributed by atoms with Gasteiger partial charge in [0.1, 0.15) is 0 Å². The van der Waals surface area contributed by atoms with Crippen molar-refractivity contribution in [3.8, 4) is 0 Å². The number of carbonyl (C=O) groups excluding carboxylic acids is 2. The third-order valence-electron chi connectivity index (χ3n) is 11.4. The molecule has 2 unspecified atom stereocenters. The number of amides is 1. The highest BCUT2D eigenvalue weighted by atomic mass is 16.5. The van der Waals surface area contributed by atoms with Crippen molar-refractivity contribution in [2.24, 2.45) is 0 Å². The van der Waals surface area contributed by atoms with Crippen LogP contribution in [0, 0.1) is 0 Å². The van der Waals surface area contributed by atoms with Gasteiger partial charge in [-0.2, -0.15) is 0 Å². The first-order valence-corrected chi connectivity index (χ1v) is 25.3. The Morgan fingerprint density at radius 3 is 1.34 bits per heavy atom. The summed E-state index contributed by atoms with van der Waals surface area (Å²) in [4.78, 5) is 24.5. The van der Waals surface area contributed by atoms with Gasteiger partial charge in [-0.1, -0.05) is 217 Å². The molecule has 0 radical (unpaired) electrons. The van der Waals surface area contributed by atoms with E-state index in [9.17, 15) is 19.8 Å². The van der Waals surface area contributed by atoms with E-state index in [0.29, 0.717) is 19.4 Å². The summed E-state index contributed by atoms with van der Waals surface area (Å²) in [6, 6.07) is -0.644. The van der Waals surface area contributed by atoms with E-state index in [1.54, 1.807) is 6.08 Å². The highest BCUT2D eigenvalue weighted by Gasteiger charge is 2.18. The number of hydrogen-bond donors (Lipinski definition) is 3. The Balaban J connectivity index is 3.49. The summed E-state index contributed by atoms with van der Waals surface area (Å²) in [6.07, 6.45) is 57.1. The van der Waals surface area contributed by atoms with Crippen LogP contribution in [0.25, 0.3) is 0 Å². The van der Waals surface area contributed by atoms with Gasteiger partial charge in [-0.3, -0.25) is 9.59 Å². The van der Waals surface area contributed by atoms with Crippen molar-refractivity contribution < 1.29 is 24.5 Å². The number of aliphatic hydroxyl groups is 2. The molecule has 6 heteroatoms. The fourth-order valence-electron chi connectivity index (χ4n) is 7.49. The molecule has 3 N–H and O–H groups in total. The number of ether oxygens (including phenoxy) is 1. The molecule has 0 bridgehead atoms. The summed E-state index contributed by atoms with van der Waals surface area (Å²) < 4.78 is 5.46. The predicted molar refractivity (Wildman–Crippen MR) is 250 cm³/mol. The minimum atomic E-state index is -0.858. The second-order valence-electron chi connectivity index (χ2n) is 17.1. The van der Waals surface area contributed by atoms with Crippen LogP contribution in [0.2, 0.25) is 0 Å². The van der Waals surface area contributed by atoms with E-state index in [4.69, 9.17) is 4.74 Å². The van der Waals surface area contributed by atoms with Crippen molar-refractivity contribution in [1.29, 1.82) is 0 Å². The maximum absolute atomic E-state index is 12.4. The molecule has 0 aliphatic heterocycles. The third kappa shape index (κ3) is 43.7. The van der Waals surface area contributed by atoms with E-state index < -0.39 is 12.1 Å². The number of rotatable bonds is 46. The largest absolute Gasteiger partial charge is 0.466 e. The second-order valence-corrected chi connectivity index (χ2v) is 17.1. The molecule has 0 saturated heterocycles. The zero-order chi connectivity index (χ0) is 42.3. The maximum Gasteiger partial charge on any atom is 0.305 e. The van der Waals surface area contributed by atoms with Gasteiger partial charge in [0.05, 0.1) is 25.4 Å². The summed E-state index contributed by atoms with van der Waals surface area (Å²) in [5.41, 5.74) is 0. The van der Waals surface area contributed by atoms with E-state index in [2.05, 4.69) is 43.5 Å². The zero-order valence-electron chi connectivity index (χ0n) is 38.5. The monoisotopic (exact) mass is 816 g/mol. The van der Waals surface area contributed by atoms with E-state index in [1.165, 1.54) is 167 Å². The average molecular weight is 816 g/mol. The van der Waals surface area contributed by atoms with Crippen molar-refractivity contribution in [3.05, 3.63) is 36.5 Å². The Morgan fingerprint density at radius 2 is 0.862 bits per heavy atom. The maximum atomic E-state index is 12.4. The van der Waals surface area contributed by atoms with Gasteiger partial charge in [-0.15, -0.1) is 0 Å². The molecule has 1 amide bonds. The highest BCUT2D eigenvalue weighted by Crippen LogP contribution is 2.15. The van der Waals surface area contributed by atoms with E-state index in [1.807, 2.05) is 6.08 Å². The van der Waals surface area contributed by atoms with Crippen LogP contribution in [0.4, 0.5) is 0 Å². The molecule has 0 aliphatic rings. The van der Waals surface area contributed by atoms with Crippen molar-refractivity contribution in [2.75, 3.05) is 13.2 Å². The number of hydrogen-bond acceptors (Lipinski definition) is 5. The Labute approximate surface area is 360 Å². The Kier molecular flexibility index (Phi) is 46.2. The molecule has 0 fully saturated rings. The van der Waals surface area contributed by atoms with E-state index in [-0.39, 0.29) is 18.5 Å². The van der Waals surface area contributed by atoms with Crippen molar-refractivity contribution in [3.63, 3.8) is 0 Å². The first kappa shape index (κ1) is 56.1. The van der Waals surface area contributed by atoms with Crippen LogP contribution >= 0.6 is 0 Å². The topological polar surface area (TPSA) is 95.9 Å². The van der Waals surface area contributed by atoms with Crippen LogP contribution in [0.3, 0.4) is 0 Å². The molecule has 0 aliphatic carbocycles. The predicted octanol–water partition coefficient (Wildman–Crippen LogP) is 14.9. The van der Waals surface area contributed by atoms with Crippen LogP contribution < -0.4 is 5.32 Å². The average Bonchev–Trinajstić information content (AvgIpc) is 3.22. The van der Waals surface area contributed by atoms with Gasteiger partial charge in [0.2, 0.25) is 5.91 Å². The van der Waals surface area contributed by atoms with Crippen LogP contribution in [-0.2, 0) is 14.3 Å². The number of allylic oxidation sites excluding steroid dienone is 5. The molecule has 0 spiro atoms. The Hall–Kier alpha value is -1.92. The van der Waals surface area contributed by atoms with E-state index in [0.717, 1.165) is 64.2 Å². The molecule has 0 aromatic rings. The minimum absolute atomic E-state index is 0.0255. The summed E-state index contributed by atoms with van der Waals surface area (Å²) in [7, 11) is 0. The standard InChI is InChI=1S/C52H97NO5/c1-3-5-7-9-11-13-15-17-18-19-20-21-22-23-25-30-34-38-42-46-52(57)58-47-43-39-35-31-27-26-29-33-37-41-45-51(56)53-49(48-54)50(55)44-40-36-32-28-24-16-14-12-10-8-6-4-2/h11,13,17-18,40,44,49-50,54-55H,3-10,12,14-16,19-39,41-43,45-48H2,1-2H3,(H,53,56)/b13-11-,18-17-,44-40+. The zero-order valence-corrected chi connectivity index (χ0v) is 38.5. The number of esters is 1. The van der Waals surface area contributed by atoms with Gasteiger partial charge in [0.25, 0.3) is 0 Å². The number of unbranched alkanes of at least 4 members (excludes halogenated alkanes) is 31.